The fourth-order valence-corrected chi connectivity index (χ4v) is 6.79. The minimum atomic E-state index is -0.901. The van der Waals surface area contributed by atoms with Gasteiger partial charge in [-0.05, 0) is 45.7 Å². The normalized spacial score (nSPS) is 12.1. The van der Waals surface area contributed by atoms with E-state index in [0.29, 0.717) is 6.04 Å². The maximum Gasteiger partial charge on any atom is 1.00 e. The van der Waals surface area contributed by atoms with E-state index in [0.717, 1.165) is 19.5 Å². The third-order valence-electron chi connectivity index (χ3n) is 9.99. The number of nitrogens with zero attached hydrogens (tertiary/aromatic N) is 1. The van der Waals surface area contributed by atoms with E-state index in [-0.39, 0.29) is 57.8 Å². The summed E-state index contributed by atoms with van der Waals surface area (Å²) in [5, 5.41) is 11.0. The van der Waals surface area contributed by atoms with Crippen LogP contribution in [0.5, 0.6) is 0 Å². The SMILES string of the molecule is CCCCCCCCCCCCCCCCCCN(CCCCCCCCCCCCCCCCCC)C(C)CCC(=O)[O-].[K+]. The van der Waals surface area contributed by atoms with E-state index in [4.69, 9.17) is 0 Å². The first-order valence-electron chi connectivity index (χ1n) is 20.6. The van der Waals surface area contributed by atoms with Gasteiger partial charge in [0.1, 0.15) is 0 Å². The number of aliphatic carboxylic acids is 1. The van der Waals surface area contributed by atoms with E-state index >= 15 is 0 Å². The molecule has 0 aliphatic rings. The number of carboxylic acids is 1. The Labute approximate surface area is 327 Å². The topological polar surface area (TPSA) is 43.4 Å². The van der Waals surface area contributed by atoms with Crippen LogP contribution in [0, 0.1) is 0 Å². The van der Waals surface area contributed by atoms with Crippen LogP contribution in [0.15, 0.2) is 0 Å². The Hall–Kier alpha value is 1.07. The summed E-state index contributed by atoms with van der Waals surface area (Å²) in [6.45, 7) is 9.07. The van der Waals surface area contributed by atoms with E-state index < -0.39 is 5.97 Å². The van der Waals surface area contributed by atoms with Crippen molar-refractivity contribution in [3.05, 3.63) is 0 Å². The number of hydrogen-bond acceptors (Lipinski definition) is 3. The second-order valence-electron chi connectivity index (χ2n) is 14.4. The minimum absolute atomic E-state index is 0. The number of carboxylic acid groups (broad SMARTS) is 1. The summed E-state index contributed by atoms with van der Waals surface area (Å²) in [5.41, 5.74) is 0. The molecule has 264 valence electrons. The molecule has 4 heteroatoms. The van der Waals surface area contributed by atoms with E-state index in [1.807, 2.05) is 0 Å². The molecule has 0 heterocycles. The zero-order valence-corrected chi connectivity index (χ0v) is 34.9. The summed E-state index contributed by atoms with van der Waals surface area (Å²) in [6, 6.07) is 0.348. The predicted octanol–water partition coefficient (Wildman–Crippen LogP) is 9.73. The van der Waals surface area contributed by atoms with Gasteiger partial charge in [-0.3, -0.25) is 0 Å². The van der Waals surface area contributed by atoms with Gasteiger partial charge in [-0.15, -0.1) is 0 Å². The smallest absolute Gasteiger partial charge is 0.550 e. The third-order valence-corrected chi connectivity index (χ3v) is 9.99. The van der Waals surface area contributed by atoms with Crippen LogP contribution in [0.4, 0.5) is 0 Å². The predicted molar refractivity (Wildman–Crippen MR) is 194 cm³/mol. The Morgan fingerprint density at radius 3 is 0.889 bits per heavy atom. The molecule has 0 saturated carbocycles. The maximum atomic E-state index is 11.0. The van der Waals surface area contributed by atoms with Crippen molar-refractivity contribution in [2.24, 2.45) is 0 Å². The van der Waals surface area contributed by atoms with Crippen molar-refractivity contribution in [3.8, 4) is 0 Å². The van der Waals surface area contributed by atoms with Crippen LogP contribution in [-0.2, 0) is 4.79 Å². The van der Waals surface area contributed by atoms with Crippen LogP contribution in [0.25, 0.3) is 0 Å². The Kier molecular flexibility index (Phi) is 44.2. The fraction of sp³-hybridized carbons (Fsp3) is 0.976. The summed E-state index contributed by atoms with van der Waals surface area (Å²) < 4.78 is 0. The molecule has 0 aromatic heterocycles. The van der Waals surface area contributed by atoms with E-state index in [9.17, 15) is 9.90 Å². The zero-order valence-electron chi connectivity index (χ0n) is 31.8. The van der Waals surface area contributed by atoms with Crippen molar-refractivity contribution in [1.82, 2.24) is 4.90 Å². The van der Waals surface area contributed by atoms with Crippen molar-refractivity contribution >= 4 is 5.97 Å². The van der Waals surface area contributed by atoms with Gasteiger partial charge in [0.15, 0.2) is 0 Å². The summed E-state index contributed by atoms with van der Waals surface area (Å²) in [7, 11) is 0. The van der Waals surface area contributed by atoms with Gasteiger partial charge in [0, 0.05) is 12.0 Å². The van der Waals surface area contributed by atoms with Crippen LogP contribution in [0.3, 0.4) is 0 Å². The quantitative estimate of drug-likeness (QED) is 0.0490. The molecule has 0 saturated heterocycles. The number of unbranched alkanes of at least 4 members (excludes halogenated alkanes) is 30. The Morgan fingerprint density at radius 2 is 0.667 bits per heavy atom. The first-order chi connectivity index (χ1) is 21.6. The molecule has 0 radical (unpaired) electrons. The molecule has 45 heavy (non-hydrogen) atoms. The van der Waals surface area contributed by atoms with Crippen molar-refractivity contribution in [2.45, 2.75) is 245 Å². The minimum Gasteiger partial charge on any atom is -0.550 e. The second-order valence-corrected chi connectivity index (χ2v) is 14.4. The molecule has 1 unspecified atom stereocenters. The molecule has 1 atom stereocenters. The van der Waals surface area contributed by atoms with Gasteiger partial charge in [0.05, 0.1) is 0 Å². The molecule has 0 aromatic rings. The standard InChI is InChI=1S/C41H83NO2.K/c1-4-6-8-10-12-14-16-18-20-22-24-26-28-30-32-34-38-42(40(3)36-37-41(43)44)39-35-33-31-29-27-25-23-21-19-17-15-13-11-9-7-5-2;/h40H,4-39H2,1-3H3,(H,43,44);/q;+1/p-1. The molecule has 0 aliphatic heterocycles. The maximum absolute atomic E-state index is 11.0. The van der Waals surface area contributed by atoms with E-state index in [1.165, 1.54) is 205 Å². The first kappa shape index (κ1) is 48.2. The molecule has 0 rings (SSSR count). The zero-order chi connectivity index (χ0) is 32.2. The monoisotopic (exact) mass is 660 g/mol. The fourth-order valence-electron chi connectivity index (χ4n) is 6.79. The average Bonchev–Trinajstić information content (AvgIpc) is 3.02. The molecule has 0 aliphatic carbocycles. The van der Waals surface area contributed by atoms with Crippen LogP contribution < -0.4 is 56.5 Å². The number of carbonyl (C=O) groups excluding carboxylic acids is 1. The Bertz CT molecular complexity index is 522. The van der Waals surface area contributed by atoms with Gasteiger partial charge in [0.2, 0.25) is 0 Å². The molecular weight excluding hydrogens is 578 g/mol. The van der Waals surface area contributed by atoms with Gasteiger partial charge < -0.3 is 14.8 Å². The molecule has 3 nitrogen and oxygen atoms in total. The molecule has 0 aromatic carbocycles. The Balaban J connectivity index is 0. The molecule has 0 N–H and O–H groups in total. The number of carbonyl (C=O) groups is 1. The molecular formula is C41H82KNO2. The van der Waals surface area contributed by atoms with Crippen molar-refractivity contribution in [3.63, 3.8) is 0 Å². The van der Waals surface area contributed by atoms with Gasteiger partial charge in [-0.2, -0.15) is 0 Å². The van der Waals surface area contributed by atoms with E-state index in [2.05, 4.69) is 25.7 Å². The number of rotatable bonds is 38. The van der Waals surface area contributed by atoms with Crippen molar-refractivity contribution in [1.29, 1.82) is 0 Å². The van der Waals surface area contributed by atoms with Crippen molar-refractivity contribution < 1.29 is 61.3 Å². The summed E-state index contributed by atoms with van der Waals surface area (Å²) in [6.07, 6.45) is 45.8. The molecule has 0 bridgehead atoms. The van der Waals surface area contributed by atoms with Gasteiger partial charge in [-0.1, -0.05) is 206 Å². The van der Waals surface area contributed by atoms with Gasteiger partial charge >= 0.3 is 51.4 Å². The largest absolute Gasteiger partial charge is 1.00 e. The van der Waals surface area contributed by atoms with E-state index in [1.54, 1.807) is 0 Å². The van der Waals surface area contributed by atoms with Crippen LogP contribution in [0.1, 0.15) is 239 Å². The molecule has 0 fully saturated rings. The van der Waals surface area contributed by atoms with Crippen molar-refractivity contribution in [2.75, 3.05) is 13.1 Å². The summed E-state index contributed by atoms with van der Waals surface area (Å²) in [4.78, 5) is 13.6. The third kappa shape index (κ3) is 39.4. The van der Waals surface area contributed by atoms with Gasteiger partial charge in [0.25, 0.3) is 0 Å². The van der Waals surface area contributed by atoms with Crippen LogP contribution >= 0.6 is 0 Å². The average molecular weight is 660 g/mol. The molecule has 0 spiro atoms. The number of hydrogen-bond donors (Lipinski definition) is 0. The second kappa shape index (κ2) is 41.2. The first-order valence-corrected chi connectivity index (χ1v) is 20.6. The summed E-state index contributed by atoms with van der Waals surface area (Å²) >= 11 is 0. The van der Waals surface area contributed by atoms with Crippen LogP contribution in [0.2, 0.25) is 0 Å². The molecule has 0 amide bonds. The summed E-state index contributed by atoms with van der Waals surface area (Å²) in [5.74, 6) is -0.901. The van der Waals surface area contributed by atoms with Gasteiger partial charge in [-0.25, -0.2) is 0 Å². The van der Waals surface area contributed by atoms with Crippen LogP contribution in [-0.4, -0.2) is 30.0 Å². The Morgan fingerprint density at radius 1 is 0.444 bits per heavy atom.